The Hall–Kier alpha value is -1.41. The maximum absolute atomic E-state index is 13.2. The molecular weight excluding hydrogens is 311 g/mol. The van der Waals surface area contributed by atoms with Gasteiger partial charge in [-0.1, -0.05) is 13.8 Å². The zero-order valence-corrected chi connectivity index (χ0v) is 12.6. The summed E-state index contributed by atoms with van der Waals surface area (Å²) in [5.41, 5.74) is 0.423. The third-order valence-corrected chi connectivity index (χ3v) is 3.14. The zero-order valence-electron chi connectivity index (χ0n) is 11.0. The van der Waals surface area contributed by atoms with Crippen LogP contribution in [0, 0.1) is 23.1 Å². The number of hydrogen-bond donors (Lipinski definition) is 0. The predicted molar refractivity (Wildman–Crippen MR) is 75.1 cm³/mol. The summed E-state index contributed by atoms with van der Waals surface area (Å²) < 4.78 is 13.4. The molecule has 0 aliphatic heterocycles. The van der Waals surface area contributed by atoms with Crippen LogP contribution in [-0.4, -0.2) is 23.9 Å². The van der Waals surface area contributed by atoms with Crippen molar-refractivity contribution in [1.29, 1.82) is 5.26 Å². The Bertz CT molecular complexity index is 497. The highest BCUT2D eigenvalue weighted by atomic mass is 79.9. The molecule has 0 saturated carbocycles. The minimum absolute atomic E-state index is 0.176. The molecule has 0 atom stereocenters. The van der Waals surface area contributed by atoms with Crippen molar-refractivity contribution < 1.29 is 9.18 Å². The second-order valence-corrected chi connectivity index (χ2v) is 5.54. The van der Waals surface area contributed by atoms with Crippen molar-refractivity contribution in [2.45, 2.75) is 20.3 Å². The van der Waals surface area contributed by atoms with Crippen LogP contribution in [0.3, 0.4) is 0 Å². The van der Waals surface area contributed by atoms with E-state index in [4.69, 9.17) is 5.26 Å². The lowest BCUT2D eigenvalue weighted by Crippen LogP contribution is -2.35. The number of halogens is 2. The third kappa shape index (κ3) is 4.64. The van der Waals surface area contributed by atoms with Crippen molar-refractivity contribution in [2.75, 3.05) is 13.1 Å². The fourth-order valence-corrected chi connectivity index (χ4v) is 2.09. The van der Waals surface area contributed by atoms with Crippen LogP contribution >= 0.6 is 15.9 Å². The summed E-state index contributed by atoms with van der Waals surface area (Å²) in [6.45, 7) is 4.98. The maximum atomic E-state index is 13.2. The maximum Gasteiger partial charge on any atom is 0.253 e. The van der Waals surface area contributed by atoms with Gasteiger partial charge in [0, 0.05) is 18.7 Å². The molecule has 1 aromatic rings. The first kappa shape index (κ1) is 15.6. The Kier molecular flexibility index (Phi) is 5.97. The third-order valence-electron chi connectivity index (χ3n) is 2.53. The van der Waals surface area contributed by atoms with E-state index in [2.05, 4.69) is 15.9 Å². The van der Waals surface area contributed by atoms with E-state index in [1.54, 1.807) is 4.90 Å². The first-order valence-electron chi connectivity index (χ1n) is 6.07. The molecule has 3 nitrogen and oxygen atoms in total. The molecule has 0 saturated heterocycles. The number of carbonyl (C=O) groups excluding carboxylic acids is 1. The van der Waals surface area contributed by atoms with Crippen LogP contribution in [0.1, 0.15) is 30.6 Å². The van der Waals surface area contributed by atoms with Gasteiger partial charge in [0.1, 0.15) is 5.82 Å². The lowest BCUT2D eigenvalue weighted by atomic mass is 10.1. The van der Waals surface area contributed by atoms with E-state index >= 15 is 0 Å². The Morgan fingerprint density at radius 2 is 2.21 bits per heavy atom. The van der Waals surface area contributed by atoms with E-state index in [1.807, 2.05) is 19.9 Å². The largest absolute Gasteiger partial charge is 0.337 e. The molecule has 102 valence electrons. The summed E-state index contributed by atoms with van der Waals surface area (Å²) in [6, 6.07) is 6.22. The van der Waals surface area contributed by atoms with Crippen LogP contribution in [-0.2, 0) is 0 Å². The minimum Gasteiger partial charge on any atom is -0.337 e. The fraction of sp³-hybridized carbons (Fsp3) is 0.429. The summed E-state index contributed by atoms with van der Waals surface area (Å²) in [4.78, 5) is 14.0. The Morgan fingerprint density at radius 3 is 2.74 bits per heavy atom. The molecule has 0 heterocycles. The lowest BCUT2D eigenvalue weighted by molar-refractivity contribution is 0.0740. The highest BCUT2D eigenvalue weighted by molar-refractivity contribution is 9.10. The van der Waals surface area contributed by atoms with E-state index < -0.39 is 5.82 Å². The molecule has 19 heavy (non-hydrogen) atoms. The second-order valence-electron chi connectivity index (χ2n) is 4.68. The van der Waals surface area contributed by atoms with Crippen LogP contribution in [0.15, 0.2) is 22.7 Å². The molecule has 1 aromatic carbocycles. The van der Waals surface area contributed by atoms with Gasteiger partial charge >= 0.3 is 0 Å². The molecule has 0 N–H and O–H groups in total. The van der Waals surface area contributed by atoms with Crippen molar-refractivity contribution >= 4 is 21.8 Å². The average molecular weight is 327 g/mol. The highest BCUT2D eigenvalue weighted by Crippen LogP contribution is 2.18. The highest BCUT2D eigenvalue weighted by Gasteiger charge is 2.17. The molecule has 0 aliphatic rings. The number of rotatable bonds is 5. The molecular formula is C14H16BrFN2O. The number of benzene rings is 1. The lowest BCUT2D eigenvalue weighted by Gasteiger charge is -2.23. The van der Waals surface area contributed by atoms with Gasteiger partial charge in [-0.2, -0.15) is 5.26 Å². The van der Waals surface area contributed by atoms with Crippen LogP contribution < -0.4 is 0 Å². The van der Waals surface area contributed by atoms with Crippen molar-refractivity contribution in [3.8, 4) is 6.07 Å². The summed E-state index contributed by atoms with van der Waals surface area (Å²) in [5, 5.41) is 8.64. The SMILES string of the molecule is CC(C)CN(CCC#N)C(=O)c1ccc(F)c(Br)c1. The van der Waals surface area contributed by atoms with Gasteiger partial charge < -0.3 is 4.90 Å². The van der Waals surface area contributed by atoms with Gasteiger partial charge in [0.25, 0.3) is 5.91 Å². The number of nitrogens with zero attached hydrogens (tertiary/aromatic N) is 2. The first-order valence-corrected chi connectivity index (χ1v) is 6.86. The number of amides is 1. The van der Waals surface area contributed by atoms with Gasteiger partial charge in [-0.05, 0) is 40.0 Å². The number of carbonyl (C=O) groups is 1. The van der Waals surface area contributed by atoms with E-state index in [0.717, 1.165) is 0 Å². The first-order chi connectivity index (χ1) is 8.95. The van der Waals surface area contributed by atoms with E-state index in [-0.39, 0.29) is 10.4 Å². The normalized spacial score (nSPS) is 10.3. The van der Waals surface area contributed by atoms with Crippen LogP contribution in [0.4, 0.5) is 4.39 Å². The summed E-state index contributed by atoms with van der Waals surface area (Å²) in [7, 11) is 0. The smallest absolute Gasteiger partial charge is 0.253 e. The molecule has 1 amide bonds. The zero-order chi connectivity index (χ0) is 14.4. The van der Waals surface area contributed by atoms with Crippen molar-refractivity contribution in [3.05, 3.63) is 34.1 Å². The Balaban J connectivity index is 2.91. The van der Waals surface area contributed by atoms with Crippen molar-refractivity contribution in [1.82, 2.24) is 4.90 Å². The predicted octanol–water partition coefficient (Wildman–Crippen LogP) is 3.60. The van der Waals surface area contributed by atoms with E-state index in [1.165, 1.54) is 18.2 Å². The van der Waals surface area contributed by atoms with Crippen LogP contribution in [0.25, 0.3) is 0 Å². The second kappa shape index (κ2) is 7.25. The Labute approximate surface area is 121 Å². The van der Waals surface area contributed by atoms with Gasteiger partial charge in [0.2, 0.25) is 0 Å². The van der Waals surface area contributed by atoms with Crippen molar-refractivity contribution in [3.63, 3.8) is 0 Å². The van der Waals surface area contributed by atoms with Crippen molar-refractivity contribution in [2.24, 2.45) is 5.92 Å². The topological polar surface area (TPSA) is 44.1 Å². The quantitative estimate of drug-likeness (QED) is 0.829. The molecule has 0 aliphatic carbocycles. The monoisotopic (exact) mass is 326 g/mol. The van der Waals surface area contributed by atoms with Gasteiger partial charge in [-0.3, -0.25) is 4.79 Å². The van der Waals surface area contributed by atoms with Gasteiger partial charge in [0.05, 0.1) is 17.0 Å². The Morgan fingerprint density at radius 1 is 1.53 bits per heavy atom. The summed E-state index contributed by atoms with van der Waals surface area (Å²) in [5.74, 6) is -0.264. The molecule has 0 aromatic heterocycles. The summed E-state index contributed by atoms with van der Waals surface area (Å²) >= 11 is 3.07. The number of nitriles is 1. The molecule has 0 unspecified atom stereocenters. The molecule has 0 bridgehead atoms. The average Bonchev–Trinajstić information content (AvgIpc) is 2.36. The molecule has 0 fully saturated rings. The standard InChI is InChI=1S/C14H16BrFN2O/c1-10(2)9-18(7-3-6-17)14(19)11-4-5-13(16)12(15)8-11/h4-5,8,10H,3,7,9H2,1-2H3. The van der Waals surface area contributed by atoms with Crippen LogP contribution in [0.2, 0.25) is 0 Å². The van der Waals surface area contributed by atoms with Gasteiger partial charge in [0.15, 0.2) is 0 Å². The molecule has 0 spiro atoms. The van der Waals surface area contributed by atoms with E-state index in [0.29, 0.717) is 31.0 Å². The molecule has 1 rings (SSSR count). The van der Waals surface area contributed by atoms with Gasteiger partial charge in [-0.25, -0.2) is 4.39 Å². The van der Waals surface area contributed by atoms with Gasteiger partial charge in [-0.15, -0.1) is 0 Å². The van der Waals surface area contributed by atoms with E-state index in [9.17, 15) is 9.18 Å². The summed E-state index contributed by atoms with van der Waals surface area (Å²) in [6.07, 6.45) is 0.292. The molecule has 0 radical (unpaired) electrons. The minimum atomic E-state index is -0.399. The fourth-order valence-electron chi connectivity index (χ4n) is 1.71. The number of hydrogen-bond acceptors (Lipinski definition) is 2. The van der Waals surface area contributed by atoms with Crippen LogP contribution in [0.5, 0.6) is 0 Å². The molecule has 5 heteroatoms.